The number of carbonyl (C=O) groups excluding carboxylic acids is 1. The molecule has 148 valence electrons. The zero-order valence-electron chi connectivity index (χ0n) is 16.5. The van der Waals surface area contributed by atoms with E-state index in [0.29, 0.717) is 0 Å². The van der Waals surface area contributed by atoms with Crippen molar-refractivity contribution in [2.75, 3.05) is 19.6 Å². The quantitative estimate of drug-likeness (QED) is 0.673. The highest BCUT2D eigenvalue weighted by atomic mass is 16.2. The molecule has 1 unspecified atom stereocenters. The molecule has 1 saturated carbocycles. The molecule has 1 aromatic heterocycles. The Bertz CT molecular complexity index is 948. The molecule has 0 radical (unpaired) electrons. The van der Waals surface area contributed by atoms with Gasteiger partial charge in [-0.15, -0.1) is 0 Å². The lowest BCUT2D eigenvalue weighted by Crippen LogP contribution is -2.51. The Morgan fingerprint density at radius 3 is 2.48 bits per heavy atom. The predicted octanol–water partition coefficient (Wildman–Crippen LogP) is 3.59. The Balaban J connectivity index is 1.35. The summed E-state index contributed by atoms with van der Waals surface area (Å²) in [4.78, 5) is 22.1. The SMILES string of the molecule is O=C(c1ccc(Cn2ccnc2)cc1)N1CCN(C2CC2)CC1c1ccccc1. The van der Waals surface area contributed by atoms with Crippen molar-refractivity contribution in [2.45, 2.75) is 31.5 Å². The molecule has 2 heterocycles. The average molecular weight is 386 g/mol. The van der Waals surface area contributed by atoms with Crippen molar-refractivity contribution < 1.29 is 4.79 Å². The van der Waals surface area contributed by atoms with Gasteiger partial charge in [0, 0.05) is 50.2 Å². The first kappa shape index (κ1) is 18.1. The van der Waals surface area contributed by atoms with Crippen LogP contribution in [0.15, 0.2) is 73.3 Å². The minimum atomic E-state index is 0.115. The smallest absolute Gasteiger partial charge is 0.254 e. The van der Waals surface area contributed by atoms with E-state index in [9.17, 15) is 4.79 Å². The van der Waals surface area contributed by atoms with Crippen molar-refractivity contribution in [2.24, 2.45) is 0 Å². The van der Waals surface area contributed by atoms with Gasteiger partial charge in [-0.25, -0.2) is 4.98 Å². The molecule has 2 aliphatic rings. The molecule has 1 saturated heterocycles. The van der Waals surface area contributed by atoms with E-state index in [-0.39, 0.29) is 11.9 Å². The van der Waals surface area contributed by atoms with Gasteiger partial charge in [0.2, 0.25) is 0 Å². The molecule has 1 aliphatic heterocycles. The lowest BCUT2D eigenvalue weighted by molar-refractivity contribution is 0.0433. The van der Waals surface area contributed by atoms with Gasteiger partial charge >= 0.3 is 0 Å². The van der Waals surface area contributed by atoms with Gasteiger partial charge in [-0.05, 0) is 36.1 Å². The fourth-order valence-electron chi connectivity index (χ4n) is 4.29. The van der Waals surface area contributed by atoms with Crippen LogP contribution in [0.1, 0.15) is 40.4 Å². The minimum Gasteiger partial charge on any atom is -0.333 e. The molecule has 1 amide bonds. The third kappa shape index (κ3) is 3.96. The first-order valence-corrected chi connectivity index (χ1v) is 10.4. The number of aromatic nitrogens is 2. The second-order valence-corrected chi connectivity index (χ2v) is 8.08. The van der Waals surface area contributed by atoms with Crippen LogP contribution in [0.4, 0.5) is 0 Å². The van der Waals surface area contributed by atoms with Gasteiger partial charge < -0.3 is 9.47 Å². The Morgan fingerprint density at radius 1 is 1.00 bits per heavy atom. The summed E-state index contributed by atoms with van der Waals surface area (Å²) in [5.41, 5.74) is 3.15. The maximum absolute atomic E-state index is 13.4. The number of benzene rings is 2. The van der Waals surface area contributed by atoms with Crippen LogP contribution in [0.2, 0.25) is 0 Å². The van der Waals surface area contributed by atoms with Crippen molar-refractivity contribution in [3.05, 3.63) is 90.0 Å². The highest BCUT2D eigenvalue weighted by molar-refractivity contribution is 5.94. The highest BCUT2D eigenvalue weighted by Gasteiger charge is 2.37. The summed E-state index contributed by atoms with van der Waals surface area (Å²) < 4.78 is 2.03. The molecule has 1 aliphatic carbocycles. The van der Waals surface area contributed by atoms with Gasteiger partial charge in [0.1, 0.15) is 0 Å². The van der Waals surface area contributed by atoms with Crippen molar-refractivity contribution in [1.82, 2.24) is 19.4 Å². The van der Waals surface area contributed by atoms with E-state index >= 15 is 0 Å². The molecule has 5 rings (SSSR count). The average Bonchev–Trinajstić information content (AvgIpc) is 3.51. The maximum atomic E-state index is 13.4. The molecule has 0 N–H and O–H groups in total. The van der Waals surface area contributed by atoms with Crippen LogP contribution in [0, 0.1) is 0 Å². The molecule has 3 aromatic rings. The van der Waals surface area contributed by atoms with E-state index in [4.69, 9.17) is 0 Å². The predicted molar refractivity (Wildman–Crippen MR) is 113 cm³/mol. The number of carbonyl (C=O) groups is 1. The van der Waals surface area contributed by atoms with Gasteiger partial charge in [0.05, 0.1) is 12.4 Å². The van der Waals surface area contributed by atoms with Crippen molar-refractivity contribution >= 4 is 5.91 Å². The Hall–Kier alpha value is -2.92. The fourth-order valence-corrected chi connectivity index (χ4v) is 4.29. The van der Waals surface area contributed by atoms with Gasteiger partial charge in [-0.2, -0.15) is 0 Å². The largest absolute Gasteiger partial charge is 0.333 e. The van der Waals surface area contributed by atoms with Gasteiger partial charge in [0.25, 0.3) is 5.91 Å². The lowest BCUT2D eigenvalue weighted by Gasteiger charge is -2.42. The number of rotatable bonds is 5. The number of hydrogen-bond acceptors (Lipinski definition) is 3. The molecular formula is C24H26N4O. The second-order valence-electron chi connectivity index (χ2n) is 8.08. The topological polar surface area (TPSA) is 41.4 Å². The second kappa shape index (κ2) is 7.84. The molecule has 0 spiro atoms. The standard InChI is InChI=1S/C24H26N4O/c29-24(21-8-6-19(7-9-21)16-26-13-12-25-18-26)28-15-14-27(22-10-11-22)17-23(28)20-4-2-1-3-5-20/h1-9,12-13,18,22-23H,10-11,14-17H2. The third-order valence-corrected chi connectivity index (χ3v) is 6.05. The number of nitrogens with zero attached hydrogens (tertiary/aromatic N) is 4. The van der Waals surface area contributed by atoms with Crippen LogP contribution in [0.3, 0.4) is 0 Å². The lowest BCUT2D eigenvalue weighted by atomic mass is 10.0. The summed E-state index contributed by atoms with van der Waals surface area (Å²) in [6, 6.07) is 19.3. The molecule has 2 fully saturated rings. The first-order chi connectivity index (χ1) is 14.3. The summed E-state index contributed by atoms with van der Waals surface area (Å²) in [6.07, 6.45) is 8.14. The van der Waals surface area contributed by atoms with Crippen LogP contribution >= 0.6 is 0 Å². The molecule has 0 bridgehead atoms. The van der Waals surface area contributed by atoms with E-state index in [1.165, 1.54) is 18.4 Å². The Labute approximate surface area is 171 Å². The van der Waals surface area contributed by atoms with E-state index in [1.54, 1.807) is 6.20 Å². The summed E-state index contributed by atoms with van der Waals surface area (Å²) in [5, 5.41) is 0. The summed E-state index contributed by atoms with van der Waals surface area (Å²) >= 11 is 0. The Morgan fingerprint density at radius 2 is 1.79 bits per heavy atom. The molecule has 29 heavy (non-hydrogen) atoms. The van der Waals surface area contributed by atoms with Crippen LogP contribution in [0.25, 0.3) is 0 Å². The third-order valence-electron chi connectivity index (χ3n) is 6.05. The van der Waals surface area contributed by atoms with Crippen molar-refractivity contribution in [3.63, 3.8) is 0 Å². The van der Waals surface area contributed by atoms with Crippen LogP contribution < -0.4 is 0 Å². The minimum absolute atomic E-state index is 0.115. The Kier molecular flexibility index (Phi) is 4.90. The first-order valence-electron chi connectivity index (χ1n) is 10.4. The molecular weight excluding hydrogens is 360 g/mol. The fraction of sp³-hybridized carbons (Fsp3) is 0.333. The van der Waals surface area contributed by atoms with Gasteiger partial charge in [-0.3, -0.25) is 9.69 Å². The monoisotopic (exact) mass is 386 g/mol. The summed E-state index contributed by atoms with van der Waals surface area (Å²) in [5.74, 6) is 0.128. The number of amides is 1. The zero-order valence-corrected chi connectivity index (χ0v) is 16.5. The summed E-state index contributed by atoms with van der Waals surface area (Å²) in [7, 11) is 0. The number of piperazine rings is 1. The van der Waals surface area contributed by atoms with Crippen molar-refractivity contribution in [3.8, 4) is 0 Å². The van der Waals surface area contributed by atoms with E-state index in [0.717, 1.165) is 43.3 Å². The van der Waals surface area contributed by atoms with Gasteiger partial charge in [0.15, 0.2) is 0 Å². The highest BCUT2D eigenvalue weighted by Crippen LogP contribution is 2.34. The number of imidazole rings is 1. The maximum Gasteiger partial charge on any atom is 0.254 e. The van der Waals surface area contributed by atoms with Gasteiger partial charge in [-0.1, -0.05) is 42.5 Å². The molecule has 5 heteroatoms. The van der Waals surface area contributed by atoms with E-state index < -0.39 is 0 Å². The van der Waals surface area contributed by atoms with Crippen molar-refractivity contribution in [1.29, 1.82) is 0 Å². The number of hydrogen-bond donors (Lipinski definition) is 0. The summed E-state index contributed by atoms with van der Waals surface area (Å²) in [6.45, 7) is 3.45. The van der Waals surface area contributed by atoms with Crippen LogP contribution in [0.5, 0.6) is 0 Å². The van der Waals surface area contributed by atoms with E-state index in [1.807, 2.05) is 47.4 Å². The van der Waals surface area contributed by atoms with E-state index in [2.05, 4.69) is 39.0 Å². The zero-order chi connectivity index (χ0) is 19.6. The normalized spacial score (nSPS) is 20.0. The molecule has 2 aromatic carbocycles. The van der Waals surface area contributed by atoms with Crippen LogP contribution in [-0.4, -0.2) is 50.9 Å². The molecule has 1 atom stereocenters. The molecule has 5 nitrogen and oxygen atoms in total. The van der Waals surface area contributed by atoms with Crippen LogP contribution in [-0.2, 0) is 6.54 Å².